The van der Waals surface area contributed by atoms with Gasteiger partial charge in [0.15, 0.2) is 0 Å². The zero-order valence-electron chi connectivity index (χ0n) is 7.38. The van der Waals surface area contributed by atoms with Gasteiger partial charge in [-0.25, -0.2) is 4.79 Å². The summed E-state index contributed by atoms with van der Waals surface area (Å²) in [6, 6.07) is 0. The van der Waals surface area contributed by atoms with Crippen molar-refractivity contribution in [2.24, 2.45) is 0 Å². The van der Waals surface area contributed by atoms with Crippen LogP contribution in [0.5, 0.6) is 0 Å². The molecular weight excluding hydrogens is 176 g/mol. The molecule has 0 radical (unpaired) electrons. The zero-order chi connectivity index (χ0) is 9.23. The van der Waals surface area contributed by atoms with Gasteiger partial charge in [0.25, 0.3) is 0 Å². The summed E-state index contributed by atoms with van der Waals surface area (Å²) in [6.45, 7) is 2.17. The van der Waals surface area contributed by atoms with E-state index in [4.69, 9.17) is 11.6 Å². The van der Waals surface area contributed by atoms with Crippen LogP contribution in [0.2, 0.25) is 0 Å². The van der Waals surface area contributed by atoms with Gasteiger partial charge >= 0.3 is 5.43 Å². The van der Waals surface area contributed by atoms with Gasteiger partial charge in [0.1, 0.15) is 0 Å². The van der Waals surface area contributed by atoms with E-state index in [2.05, 4.69) is 11.7 Å². The molecule has 0 aliphatic carbocycles. The Hall–Kier alpha value is -0.500. The van der Waals surface area contributed by atoms with Gasteiger partial charge in [-0.05, 0) is 18.9 Å². The smallest absolute Gasteiger partial charge is 0.408 e. The first kappa shape index (κ1) is 11.5. The summed E-state index contributed by atoms with van der Waals surface area (Å²) in [5.74, 6) is 0. The Morgan fingerprint density at radius 1 is 1.42 bits per heavy atom. The van der Waals surface area contributed by atoms with E-state index in [0.717, 1.165) is 12.8 Å². The molecule has 2 nitrogen and oxygen atoms in total. The van der Waals surface area contributed by atoms with Gasteiger partial charge in [-0.15, -0.1) is 0 Å². The molecule has 0 rings (SSSR count). The number of hydrogen-bond donors (Lipinski definition) is 0. The third-order valence-corrected chi connectivity index (χ3v) is 1.57. The van der Waals surface area contributed by atoms with Crippen molar-refractivity contribution in [2.45, 2.75) is 39.0 Å². The van der Waals surface area contributed by atoms with Crippen molar-refractivity contribution in [1.82, 2.24) is 0 Å². The monoisotopic (exact) mass is 190 g/mol. The molecule has 0 aromatic heterocycles. The van der Waals surface area contributed by atoms with Gasteiger partial charge in [-0.2, -0.15) is 0 Å². The molecule has 12 heavy (non-hydrogen) atoms. The lowest BCUT2D eigenvalue weighted by molar-refractivity contribution is 0.212. The van der Waals surface area contributed by atoms with E-state index >= 15 is 0 Å². The van der Waals surface area contributed by atoms with E-state index < -0.39 is 5.43 Å². The molecule has 0 saturated heterocycles. The molecule has 0 spiro atoms. The molecule has 0 fully saturated rings. The molecule has 0 aliphatic rings. The minimum atomic E-state index is -0.778. The van der Waals surface area contributed by atoms with E-state index in [1.54, 1.807) is 0 Å². The predicted molar refractivity (Wildman–Crippen MR) is 50.2 cm³/mol. The Morgan fingerprint density at radius 3 is 2.75 bits per heavy atom. The normalized spacial score (nSPS) is 10.5. The summed E-state index contributed by atoms with van der Waals surface area (Å²) >= 11 is 4.93. The van der Waals surface area contributed by atoms with Crippen molar-refractivity contribution in [3.63, 3.8) is 0 Å². The molecule has 0 aliphatic heterocycles. The Morgan fingerprint density at radius 2 is 2.17 bits per heavy atom. The molecule has 0 heterocycles. The highest BCUT2D eigenvalue weighted by molar-refractivity contribution is 6.61. The van der Waals surface area contributed by atoms with Crippen LogP contribution in [0.25, 0.3) is 0 Å². The summed E-state index contributed by atoms with van der Waals surface area (Å²) in [5, 5.41) is 0. The molecule has 0 aromatic carbocycles. The first-order valence-corrected chi connectivity index (χ1v) is 4.66. The molecule has 0 bridgehead atoms. The van der Waals surface area contributed by atoms with Crippen molar-refractivity contribution in [2.75, 3.05) is 0 Å². The highest BCUT2D eigenvalue weighted by Gasteiger charge is 1.88. The maximum absolute atomic E-state index is 10.1. The van der Waals surface area contributed by atoms with Crippen molar-refractivity contribution >= 4 is 17.0 Å². The second kappa shape index (κ2) is 8.60. The average molecular weight is 191 g/mol. The van der Waals surface area contributed by atoms with E-state index in [0.29, 0.717) is 0 Å². The van der Waals surface area contributed by atoms with Crippen molar-refractivity contribution in [1.29, 1.82) is 0 Å². The Bertz CT molecular complexity index is 143. The topological polar surface area (TPSA) is 26.3 Å². The number of hydrogen-bond acceptors (Lipinski definition) is 2. The zero-order valence-corrected chi connectivity index (χ0v) is 8.14. The second-order valence-electron chi connectivity index (χ2n) is 2.58. The summed E-state index contributed by atoms with van der Waals surface area (Å²) in [4.78, 5) is 10.1. The molecule has 0 amide bonds. The quantitative estimate of drug-likeness (QED) is 0.361. The van der Waals surface area contributed by atoms with Gasteiger partial charge in [0.2, 0.25) is 0 Å². The fraction of sp³-hybridized carbons (Fsp3) is 0.667. The molecular formula is C9H15ClO2. The number of unbranched alkanes of at least 4 members (excludes halogenated alkanes) is 4. The lowest BCUT2D eigenvalue weighted by atomic mass is 10.2. The minimum Gasteiger partial charge on any atom is -0.423 e. The van der Waals surface area contributed by atoms with Crippen LogP contribution in [0, 0.1) is 0 Å². The van der Waals surface area contributed by atoms with Gasteiger partial charge in [-0.3, -0.25) is 0 Å². The summed E-state index contributed by atoms with van der Waals surface area (Å²) in [6.07, 6.45) is 8.99. The van der Waals surface area contributed by atoms with Crippen LogP contribution in [-0.4, -0.2) is 5.43 Å². The van der Waals surface area contributed by atoms with E-state index in [-0.39, 0.29) is 0 Å². The summed E-state index contributed by atoms with van der Waals surface area (Å²) in [7, 11) is 0. The number of ether oxygens (including phenoxy) is 1. The van der Waals surface area contributed by atoms with Crippen molar-refractivity contribution in [3.8, 4) is 0 Å². The summed E-state index contributed by atoms with van der Waals surface area (Å²) in [5.41, 5.74) is -0.778. The van der Waals surface area contributed by atoms with Crippen molar-refractivity contribution < 1.29 is 9.53 Å². The van der Waals surface area contributed by atoms with Gasteiger partial charge in [0.05, 0.1) is 6.26 Å². The standard InChI is InChI=1S/C9H15ClO2/c1-2-3-4-5-6-7-8-12-9(10)11/h7-8H,2-6H2,1H3. The Balaban J connectivity index is 3.08. The molecule has 0 saturated carbocycles. The first-order chi connectivity index (χ1) is 5.77. The largest absolute Gasteiger partial charge is 0.423 e. The average Bonchev–Trinajstić information content (AvgIpc) is 2.02. The van der Waals surface area contributed by atoms with Crippen LogP contribution in [0.3, 0.4) is 0 Å². The van der Waals surface area contributed by atoms with Gasteiger partial charge in [0, 0.05) is 11.6 Å². The number of carbonyl (C=O) groups is 1. The number of halogens is 1. The molecule has 70 valence electrons. The Labute approximate surface area is 78.5 Å². The number of allylic oxidation sites excluding steroid dienone is 1. The molecule has 0 aromatic rings. The number of carbonyl (C=O) groups excluding carboxylic acids is 1. The molecule has 0 atom stereocenters. The molecule has 0 N–H and O–H groups in total. The minimum absolute atomic E-state index is 0.778. The first-order valence-electron chi connectivity index (χ1n) is 4.28. The number of rotatable bonds is 6. The third-order valence-electron chi connectivity index (χ3n) is 1.48. The lowest BCUT2D eigenvalue weighted by Crippen LogP contribution is -1.82. The van der Waals surface area contributed by atoms with Crippen LogP contribution in [0.15, 0.2) is 12.3 Å². The van der Waals surface area contributed by atoms with Crippen LogP contribution in [-0.2, 0) is 4.74 Å². The second-order valence-corrected chi connectivity index (χ2v) is 2.89. The third kappa shape index (κ3) is 9.50. The fourth-order valence-electron chi connectivity index (χ4n) is 0.859. The van der Waals surface area contributed by atoms with Gasteiger partial charge < -0.3 is 4.74 Å². The van der Waals surface area contributed by atoms with Crippen LogP contribution < -0.4 is 0 Å². The van der Waals surface area contributed by atoms with Crippen molar-refractivity contribution in [3.05, 3.63) is 12.3 Å². The Kier molecular flexibility index (Phi) is 8.24. The lowest BCUT2D eigenvalue weighted by Gasteiger charge is -1.93. The van der Waals surface area contributed by atoms with E-state index in [1.165, 1.54) is 25.5 Å². The van der Waals surface area contributed by atoms with Crippen LogP contribution >= 0.6 is 11.6 Å². The highest BCUT2D eigenvalue weighted by atomic mass is 35.5. The van der Waals surface area contributed by atoms with E-state index in [1.807, 2.05) is 6.08 Å². The van der Waals surface area contributed by atoms with Crippen LogP contribution in [0.1, 0.15) is 39.0 Å². The molecule has 0 unspecified atom stereocenters. The van der Waals surface area contributed by atoms with Gasteiger partial charge in [-0.1, -0.05) is 26.2 Å². The summed E-state index contributed by atoms with van der Waals surface area (Å²) < 4.78 is 4.39. The maximum Gasteiger partial charge on any atom is 0.408 e. The predicted octanol–water partition coefficient (Wildman–Crippen LogP) is 3.85. The van der Waals surface area contributed by atoms with E-state index in [9.17, 15) is 4.79 Å². The highest BCUT2D eigenvalue weighted by Crippen LogP contribution is 2.02. The molecule has 3 heteroatoms. The fourth-order valence-corrected chi connectivity index (χ4v) is 0.910. The van der Waals surface area contributed by atoms with Crippen LogP contribution in [0.4, 0.5) is 4.79 Å². The maximum atomic E-state index is 10.1. The SMILES string of the molecule is CCCCCCC=COC(=O)Cl.